The maximum absolute atomic E-state index is 4.43. The van der Waals surface area contributed by atoms with Gasteiger partial charge in [-0.25, -0.2) is 0 Å². The Morgan fingerprint density at radius 2 is 1.39 bits per heavy atom. The Morgan fingerprint density at radius 3 is 2.00 bits per heavy atom. The van der Waals surface area contributed by atoms with Crippen molar-refractivity contribution in [3.63, 3.8) is 0 Å². The lowest BCUT2D eigenvalue weighted by Crippen LogP contribution is -2.15. The summed E-state index contributed by atoms with van der Waals surface area (Å²) in [7, 11) is 0. The molecule has 1 aromatic carbocycles. The molecule has 1 saturated carbocycles. The molecule has 2 aromatic rings. The summed E-state index contributed by atoms with van der Waals surface area (Å²) in [6.45, 7) is 4.52. The smallest absolute Gasteiger partial charge is 0.0929 e. The molecule has 1 aliphatic carbocycles. The van der Waals surface area contributed by atoms with E-state index in [1.54, 1.807) is 0 Å². The van der Waals surface area contributed by atoms with Crippen LogP contribution in [-0.2, 0) is 12.8 Å². The molecule has 1 fully saturated rings. The van der Waals surface area contributed by atoms with Crippen LogP contribution in [0.3, 0.4) is 0 Å². The molecule has 152 valence electrons. The molecule has 0 radical (unpaired) electrons. The summed E-state index contributed by atoms with van der Waals surface area (Å²) < 4.78 is 0. The van der Waals surface area contributed by atoms with E-state index in [-0.39, 0.29) is 0 Å². The monoisotopic (exact) mass is 378 g/mol. The van der Waals surface area contributed by atoms with Crippen molar-refractivity contribution in [2.24, 2.45) is 11.8 Å². The highest BCUT2D eigenvalue weighted by molar-refractivity contribution is 5.58. The van der Waals surface area contributed by atoms with Crippen LogP contribution in [0.15, 0.2) is 36.4 Å². The number of hydrogen-bond donors (Lipinski definition) is 0. The van der Waals surface area contributed by atoms with Gasteiger partial charge in [0.2, 0.25) is 0 Å². The Morgan fingerprint density at radius 1 is 0.714 bits per heavy atom. The quantitative estimate of drug-likeness (QED) is 0.430. The Kier molecular flexibility index (Phi) is 8.51. The molecular weight excluding hydrogens is 340 g/mol. The second-order valence-corrected chi connectivity index (χ2v) is 8.78. The van der Waals surface area contributed by atoms with Crippen LogP contribution in [0.2, 0.25) is 0 Å². The molecule has 0 bridgehead atoms. The topological polar surface area (TPSA) is 25.8 Å². The third kappa shape index (κ3) is 6.43. The molecule has 1 aliphatic rings. The van der Waals surface area contributed by atoms with Crippen molar-refractivity contribution < 1.29 is 0 Å². The van der Waals surface area contributed by atoms with Crippen molar-refractivity contribution in [1.29, 1.82) is 0 Å². The first-order valence-electron chi connectivity index (χ1n) is 11.7. The Bertz CT molecular complexity index is 667. The Hall–Kier alpha value is -1.70. The Balaban J connectivity index is 1.44. The average molecular weight is 379 g/mol. The molecule has 28 heavy (non-hydrogen) atoms. The zero-order valence-electron chi connectivity index (χ0n) is 18.0. The van der Waals surface area contributed by atoms with E-state index in [2.05, 4.69) is 60.4 Å². The van der Waals surface area contributed by atoms with E-state index in [4.69, 9.17) is 0 Å². The highest BCUT2D eigenvalue weighted by atomic mass is 15.1. The minimum absolute atomic E-state index is 0.944. The maximum atomic E-state index is 4.43. The van der Waals surface area contributed by atoms with E-state index in [0.29, 0.717) is 0 Å². The van der Waals surface area contributed by atoms with Gasteiger partial charge in [0, 0.05) is 5.56 Å². The van der Waals surface area contributed by atoms with Crippen molar-refractivity contribution in [1.82, 2.24) is 10.2 Å². The molecule has 3 rings (SSSR count). The van der Waals surface area contributed by atoms with Gasteiger partial charge in [-0.05, 0) is 55.2 Å². The number of unbranched alkanes of at least 4 members (excludes halogenated alkanes) is 2. The maximum Gasteiger partial charge on any atom is 0.0929 e. The van der Waals surface area contributed by atoms with Gasteiger partial charge in [-0.2, -0.15) is 10.2 Å². The third-order valence-corrected chi connectivity index (χ3v) is 6.53. The van der Waals surface area contributed by atoms with Crippen molar-refractivity contribution in [2.45, 2.75) is 90.9 Å². The lowest BCUT2D eigenvalue weighted by Gasteiger charge is -2.28. The highest BCUT2D eigenvalue weighted by Crippen LogP contribution is 2.34. The van der Waals surface area contributed by atoms with Gasteiger partial charge in [-0.3, -0.25) is 0 Å². The molecule has 0 unspecified atom stereocenters. The first-order valence-corrected chi connectivity index (χ1v) is 11.7. The number of aryl methyl sites for hydroxylation is 2. The van der Waals surface area contributed by atoms with E-state index in [9.17, 15) is 0 Å². The number of benzene rings is 1. The van der Waals surface area contributed by atoms with Gasteiger partial charge in [-0.15, -0.1) is 0 Å². The van der Waals surface area contributed by atoms with E-state index in [1.807, 2.05) is 0 Å². The number of nitrogens with zero attached hydrogens (tertiary/aromatic N) is 2. The fraction of sp³-hybridized carbons (Fsp3) is 0.615. The fourth-order valence-electron chi connectivity index (χ4n) is 4.52. The van der Waals surface area contributed by atoms with Crippen LogP contribution >= 0.6 is 0 Å². The molecule has 0 N–H and O–H groups in total. The normalized spacial score (nSPS) is 19.6. The molecule has 2 nitrogen and oxygen atoms in total. The summed E-state index contributed by atoms with van der Waals surface area (Å²) in [5, 5.41) is 8.82. The van der Waals surface area contributed by atoms with E-state index in [0.717, 1.165) is 29.6 Å². The van der Waals surface area contributed by atoms with Crippen molar-refractivity contribution >= 4 is 0 Å². The van der Waals surface area contributed by atoms with Gasteiger partial charge >= 0.3 is 0 Å². The highest BCUT2D eigenvalue weighted by Gasteiger charge is 2.20. The molecule has 2 heteroatoms. The molecule has 1 heterocycles. The van der Waals surface area contributed by atoms with Crippen LogP contribution in [0, 0.1) is 11.8 Å². The van der Waals surface area contributed by atoms with E-state index in [1.165, 1.54) is 81.8 Å². The van der Waals surface area contributed by atoms with Crippen molar-refractivity contribution in [3.05, 3.63) is 47.7 Å². The van der Waals surface area contributed by atoms with E-state index >= 15 is 0 Å². The van der Waals surface area contributed by atoms with Crippen LogP contribution in [0.25, 0.3) is 11.3 Å². The minimum Gasteiger partial charge on any atom is -0.155 e. The summed E-state index contributed by atoms with van der Waals surface area (Å²) in [5.74, 6) is 1.96. The lowest BCUT2D eigenvalue weighted by molar-refractivity contribution is 0.250. The summed E-state index contributed by atoms with van der Waals surface area (Å²) in [5.41, 5.74) is 4.72. The van der Waals surface area contributed by atoms with Crippen molar-refractivity contribution in [2.75, 3.05) is 0 Å². The number of hydrogen-bond acceptors (Lipinski definition) is 2. The third-order valence-electron chi connectivity index (χ3n) is 6.53. The van der Waals surface area contributed by atoms with Gasteiger partial charge in [0.05, 0.1) is 11.4 Å². The summed E-state index contributed by atoms with van der Waals surface area (Å²) >= 11 is 0. The van der Waals surface area contributed by atoms with Gasteiger partial charge < -0.3 is 0 Å². The predicted molar refractivity (Wildman–Crippen MR) is 119 cm³/mol. The van der Waals surface area contributed by atoms with Crippen LogP contribution < -0.4 is 0 Å². The molecule has 1 aromatic heterocycles. The van der Waals surface area contributed by atoms with Crippen LogP contribution in [0.4, 0.5) is 0 Å². The second-order valence-electron chi connectivity index (χ2n) is 8.78. The van der Waals surface area contributed by atoms with Crippen molar-refractivity contribution in [3.8, 4) is 11.3 Å². The lowest BCUT2D eigenvalue weighted by atomic mass is 9.78. The summed E-state index contributed by atoms with van der Waals surface area (Å²) in [6.07, 6.45) is 16.1. The van der Waals surface area contributed by atoms with Gasteiger partial charge in [-0.1, -0.05) is 89.5 Å². The zero-order chi connectivity index (χ0) is 19.6. The first kappa shape index (κ1) is 21.0. The number of rotatable bonds is 10. The molecule has 0 saturated heterocycles. The summed E-state index contributed by atoms with van der Waals surface area (Å²) in [6, 6.07) is 13.2. The first-order chi connectivity index (χ1) is 13.8. The SMILES string of the molecule is CCCCc1ccc(-c2ccc(CCC3CCC(CCCC)CC3)cc2)nn1. The number of aromatic nitrogens is 2. The fourth-order valence-corrected chi connectivity index (χ4v) is 4.52. The van der Waals surface area contributed by atoms with Gasteiger partial charge in [0.1, 0.15) is 0 Å². The van der Waals surface area contributed by atoms with Gasteiger partial charge in [0.15, 0.2) is 0 Å². The molecular formula is C26H38N2. The molecule has 0 atom stereocenters. The predicted octanol–water partition coefficient (Wildman–Crippen LogP) is 7.42. The summed E-state index contributed by atoms with van der Waals surface area (Å²) in [4.78, 5) is 0. The largest absolute Gasteiger partial charge is 0.155 e. The minimum atomic E-state index is 0.944. The second kappa shape index (κ2) is 11.3. The van der Waals surface area contributed by atoms with Crippen LogP contribution in [0.5, 0.6) is 0 Å². The molecule has 0 aliphatic heterocycles. The zero-order valence-corrected chi connectivity index (χ0v) is 18.0. The van der Waals surface area contributed by atoms with E-state index < -0.39 is 0 Å². The van der Waals surface area contributed by atoms with Crippen LogP contribution in [-0.4, -0.2) is 10.2 Å². The Labute approximate surface area is 172 Å². The average Bonchev–Trinajstić information content (AvgIpc) is 2.76. The van der Waals surface area contributed by atoms with Crippen LogP contribution in [0.1, 0.15) is 89.3 Å². The molecule has 0 amide bonds. The standard InChI is InChI=1S/C26H38N2/c1-3-5-7-21-9-11-22(12-10-21)13-14-23-15-17-24(18-16-23)26-20-19-25(27-28-26)8-6-4-2/h15-22H,3-14H2,1-2H3. The molecule has 0 spiro atoms. The van der Waals surface area contributed by atoms with Gasteiger partial charge in [0.25, 0.3) is 0 Å².